The first-order chi connectivity index (χ1) is 9.06. The second kappa shape index (κ2) is 4.24. The molecule has 5 nitrogen and oxygen atoms in total. The molecule has 0 spiro atoms. The van der Waals surface area contributed by atoms with Gasteiger partial charge in [-0.2, -0.15) is 0 Å². The van der Waals surface area contributed by atoms with Crippen molar-refractivity contribution in [3.63, 3.8) is 0 Å². The van der Waals surface area contributed by atoms with Gasteiger partial charge in [0.2, 0.25) is 0 Å². The first-order valence-corrected chi connectivity index (χ1v) is 6.90. The Hall–Kier alpha value is -2.08. The van der Waals surface area contributed by atoms with Crippen molar-refractivity contribution in [3.05, 3.63) is 39.8 Å². The van der Waals surface area contributed by atoms with Gasteiger partial charge in [0.05, 0.1) is 16.7 Å². The number of nitrogens with zero attached hydrogens (tertiary/aromatic N) is 2. The average Bonchev–Trinajstić information content (AvgIpc) is 2.91. The summed E-state index contributed by atoms with van der Waals surface area (Å²) in [6.45, 7) is 4.16. The van der Waals surface area contributed by atoms with Crippen molar-refractivity contribution in [2.45, 2.75) is 19.8 Å². The Kier molecular flexibility index (Phi) is 2.67. The Morgan fingerprint density at radius 3 is 2.89 bits per heavy atom. The van der Waals surface area contributed by atoms with E-state index in [1.165, 1.54) is 11.3 Å². The fraction of sp³-hybridized carbons (Fsp3) is 0.231. The van der Waals surface area contributed by atoms with Crippen LogP contribution in [-0.2, 0) is 0 Å². The van der Waals surface area contributed by atoms with Crippen LogP contribution >= 0.6 is 11.3 Å². The molecule has 2 heterocycles. The minimum absolute atomic E-state index is 0.190. The Morgan fingerprint density at radius 2 is 2.21 bits per heavy atom. The highest BCUT2D eigenvalue weighted by Crippen LogP contribution is 2.23. The molecule has 6 heteroatoms. The van der Waals surface area contributed by atoms with Crippen LogP contribution in [0, 0.1) is 0 Å². The summed E-state index contributed by atoms with van der Waals surface area (Å²) in [5.41, 5.74) is 8.68. The molecule has 0 atom stereocenters. The quantitative estimate of drug-likeness (QED) is 0.705. The standard InChI is InChI=1S/C13H14N4OS/c1-7(2)10-6-19-13(16-10)17-11-4-3-8(14)5-9(11)15-12(17)18/h3-7H,14H2,1-2H3,(H,15,18). The van der Waals surface area contributed by atoms with Crippen LogP contribution in [0.3, 0.4) is 0 Å². The number of H-pyrrole nitrogens is 1. The molecule has 0 amide bonds. The zero-order valence-corrected chi connectivity index (χ0v) is 11.5. The summed E-state index contributed by atoms with van der Waals surface area (Å²) < 4.78 is 1.59. The van der Waals surface area contributed by atoms with Crippen molar-refractivity contribution in [2.24, 2.45) is 0 Å². The number of benzene rings is 1. The lowest BCUT2D eigenvalue weighted by molar-refractivity contribution is 0.823. The van der Waals surface area contributed by atoms with E-state index in [1.54, 1.807) is 16.7 Å². The molecule has 3 rings (SSSR count). The average molecular weight is 274 g/mol. The Morgan fingerprint density at radius 1 is 1.42 bits per heavy atom. The van der Waals surface area contributed by atoms with Crippen molar-refractivity contribution in [1.82, 2.24) is 14.5 Å². The number of rotatable bonds is 2. The van der Waals surface area contributed by atoms with Crippen molar-refractivity contribution in [2.75, 3.05) is 5.73 Å². The number of nitrogen functional groups attached to an aromatic ring is 1. The molecule has 19 heavy (non-hydrogen) atoms. The lowest BCUT2D eigenvalue weighted by Crippen LogP contribution is -2.14. The number of nitrogens with one attached hydrogen (secondary N) is 1. The molecule has 0 bridgehead atoms. The minimum Gasteiger partial charge on any atom is -0.399 e. The van der Waals surface area contributed by atoms with Gasteiger partial charge in [-0.3, -0.25) is 0 Å². The third-order valence-corrected chi connectivity index (χ3v) is 3.84. The van der Waals surface area contributed by atoms with Gasteiger partial charge in [-0.1, -0.05) is 13.8 Å². The van der Waals surface area contributed by atoms with Gasteiger partial charge in [-0.15, -0.1) is 11.3 Å². The summed E-state index contributed by atoms with van der Waals surface area (Å²) in [4.78, 5) is 19.4. The van der Waals surface area contributed by atoms with Gasteiger partial charge < -0.3 is 10.7 Å². The molecule has 0 aliphatic carbocycles. The van der Waals surface area contributed by atoms with Crippen LogP contribution in [0.2, 0.25) is 0 Å². The van der Waals surface area contributed by atoms with Crippen LogP contribution in [-0.4, -0.2) is 14.5 Å². The smallest absolute Gasteiger partial charge is 0.332 e. The van der Waals surface area contributed by atoms with E-state index in [0.29, 0.717) is 16.7 Å². The Labute approximate surface area is 113 Å². The summed E-state index contributed by atoms with van der Waals surface area (Å²) in [7, 11) is 0. The predicted molar refractivity (Wildman–Crippen MR) is 78.1 cm³/mol. The summed E-state index contributed by atoms with van der Waals surface area (Å²) in [5.74, 6) is 0.349. The van der Waals surface area contributed by atoms with Gasteiger partial charge in [0.25, 0.3) is 0 Å². The fourth-order valence-corrected chi connectivity index (χ4v) is 2.96. The van der Waals surface area contributed by atoms with E-state index in [2.05, 4.69) is 23.8 Å². The number of fused-ring (bicyclic) bond motifs is 1. The number of thiazole rings is 1. The number of aromatic nitrogens is 3. The monoisotopic (exact) mass is 274 g/mol. The molecule has 98 valence electrons. The van der Waals surface area contributed by atoms with E-state index in [1.807, 2.05) is 11.4 Å². The van der Waals surface area contributed by atoms with Crippen LogP contribution in [0.5, 0.6) is 0 Å². The van der Waals surface area contributed by atoms with Crippen LogP contribution in [0.4, 0.5) is 5.69 Å². The van der Waals surface area contributed by atoms with Crippen molar-refractivity contribution >= 4 is 28.1 Å². The van der Waals surface area contributed by atoms with Gasteiger partial charge in [0.15, 0.2) is 5.13 Å². The molecule has 0 saturated carbocycles. The normalized spacial score (nSPS) is 11.5. The van der Waals surface area contributed by atoms with E-state index in [4.69, 9.17) is 5.73 Å². The highest BCUT2D eigenvalue weighted by Gasteiger charge is 2.13. The molecule has 0 radical (unpaired) electrons. The highest BCUT2D eigenvalue weighted by molar-refractivity contribution is 7.12. The van der Waals surface area contributed by atoms with Crippen molar-refractivity contribution in [1.29, 1.82) is 0 Å². The zero-order valence-electron chi connectivity index (χ0n) is 10.7. The van der Waals surface area contributed by atoms with Gasteiger partial charge in [0, 0.05) is 11.1 Å². The second-order valence-corrected chi connectivity index (χ2v) is 5.59. The number of hydrogen-bond donors (Lipinski definition) is 2. The largest absolute Gasteiger partial charge is 0.399 e. The maximum absolute atomic E-state index is 12.1. The molecular weight excluding hydrogens is 260 g/mol. The van der Waals surface area contributed by atoms with E-state index in [-0.39, 0.29) is 5.69 Å². The first kappa shape index (κ1) is 12.0. The lowest BCUT2D eigenvalue weighted by Gasteiger charge is -1.99. The van der Waals surface area contributed by atoms with Crippen LogP contribution in [0.1, 0.15) is 25.5 Å². The van der Waals surface area contributed by atoms with Gasteiger partial charge in [0.1, 0.15) is 0 Å². The van der Waals surface area contributed by atoms with E-state index < -0.39 is 0 Å². The SMILES string of the molecule is CC(C)c1csc(-n2c(=O)[nH]c3cc(N)ccc32)n1. The predicted octanol–water partition coefficient (Wildman–Crippen LogP) is 2.48. The van der Waals surface area contributed by atoms with Gasteiger partial charge in [-0.25, -0.2) is 14.3 Å². The number of anilines is 1. The molecule has 0 aliphatic heterocycles. The Bertz CT molecular complexity index is 796. The van der Waals surface area contributed by atoms with E-state index in [0.717, 1.165) is 16.7 Å². The molecule has 3 aromatic rings. The topological polar surface area (TPSA) is 76.7 Å². The molecule has 2 aromatic heterocycles. The maximum atomic E-state index is 12.1. The van der Waals surface area contributed by atoms with Crippen LogP contribution in [0.25, 0.3) is 16.2 Å². The zero-order chi connectivity index (χ0) is 13.6. The van der Waals surface area contributed by atoms with Gasteiger partial charge >= 0.3 is 5.69 Å². The third kappa shape index (κ3) is 1.94. The van der Waals surface area contributed by atoms with E-state index in [9.17, 15) is 4.79 Å². The minimum atomic E-state index is -0.190. The third-order valence-electron chi connectivity index (χ3n) is 3.00. The number of aromatic amines is 1. The van der Waals surface area contributed by atoms with Gasteiger partial charge in [-0.05, 0) is 24.1 Å². The summed E-state index contributed by atoms with van der Waals surface area (Å²) in [5, 5.41) is 2.67. The molecule has 0 saturated heterocycles. The number of imidazole rings is 1. The molecule has 1 aromatic carbocycles. The fourth-order valence-electron chi connectivity index (χ4n) is 1.96. The van der Waals surface area contributed by atoms with E-state index >= 15 is 0 Å². The van der Waals surface area contributed by atoms with Crippen molar-refractivity contribution < 1.29 is 0 Å². The maximum Gasteiger partial charge on any atom is 0.332 e. The van der Waals surface area contributed by atoms with Crippen LogP contribution < -0.4 is 11.4 Å². The number of hydrogen-bond acceptors (Lipinski definition) is 4. The number of nitrogens with two attached hydrogens (primary N) is 1. The summed E-state index contributed by atoms with van der Waals surface area (Å²) in [6.07, 6.45) is 0. The van der Waals surface area contributed by atoms with Crippen LogP contribution in [0.15, 0.2) is 28.4 Å². The summed E-state index contributed by atoms with van der Waals surface area (Å²) >= 11 is 1.47. The highest BCUT2D eigenvalue weighted by atomic mass is 32.1. The molecule has 3 N–H and O–H groups in total. The summed E-state index contributed by atoms with van der Waals surface area (Å²) in [6, 6.07) is 5.37. The van der Waals surface area contributed by atoms with Crippen molar-refractivity contribution in [3.8, 4) is 5.13 Å². The Balaban J connectivity index is 2.23. The molecule has 0 unspecified atom stereocenters. The molecule has 0 aliphatic rings. The molecular formula is C13H14N4OS. The second-order valence-electron chi connectivity index (χ2n) is 4.75. The lowest BCUT2D eigenvalue weighted by atomic mass is 10.2. The first-order valence-electron chi connectivity index (χ1n) is 6.02. The molecule has 0 fully saturated rings.